The fraction of sp³-hybridized carbons (Fsp3) is 0.600. The van der Waals surface area contributed by atoms with Gasteiger partial charge in [-0.25, -0.2) is 0 Å². The largest absolute Gasteiger partial charge is 0.496 e. The van der Waals surface area contributed by atoms with Crippen molar-refractivity contribution in [3.63, 3.8) is 0 Å². The Bertz CT molecular complexity index is 445. The lowest BCUT2D eigenvalue weighted by molar-refractivity contribution is -0.137. The average Bonchev–Trinajstić information content (AvgIpc) is 2.47. The molecule has 0 heterocycles. The standard InChI is InChI=1S/C15H23F3N2O/c1-3-11(6-10(8-19)9-20)13-5-4-12(15(16,17)18)7-14(13)21-2/h4-5,7,10-11H,3,6,8-9,19-20H2,1-2H3. The van der Waals surface area contributed by atoms with Gasteiger partial charge in [0.05, 0.1) is 12.7 Å². The van der Waals surface area contributed by atoms with E-state index in [1.54, 1.807) is 0 Å². The van der Waals surface area contributed by atoms with Crippen LogP contribution in [0.25, 0.3) is 0 Å². The molecule has 1 rings (SSSR count). The maximum absolute atomic E-state index is 12.7. The molecule has 4 N–H and O–H groups in total. The number of nitrogens with two attached hydrogens (primary N) is 2. The van der Waals surface area contributed by atoms with Gasteiger partial charge in [-0.1, -0.05) is 13.0 Å². The van der Waals surface area contributed by atoms with Crippen molar-refractivity contribution >= 4 is 0 Å². The van der Waals surface area contributed by atoms with Crippen molar-refractivity contribution in [3.8, 4) is 5.75 Å². The zero-order chi connectivity index (χ0) is 16.0. The number of ether oxygens (including phenoxy) is 1. The molecule has 0 aliphatic rings. The molecule has 1 aromatic carbocycles. The fourth-order valence-electron chi connectivity index (χ4n) is 2.43. The first-order chi connectivity index (χ1) is 9.87. The zero-order valence-electron chi connectivity index (χ0n) is 12.4. The highest BCUT2D eigenvalue weighted by Crippen LogP contribution is 2.38. The molecule has 0 aromatic heterocycles. The van der Waals surface area contributed by atoms with E-state index in [1.807, 2.05) is 6.92 Å². The third kappa shape index (κ3) is 4.61. The molecule has 0 saturated carbocycles. The minimum absolute atomic E-state index is 0.0827. The molecule has 6 heteroatoms. The highest BCUT2D eigenvalue weighted by atomic mass is 19.4. The molecule has 1 atom stereocenters. The van der Waals surface area contributed by atoms with Gasteiger partial charge in [-0.3, -0.25) is 0 Å². The number of hydrogen-bond acceptors (Lipinski definition) is 3. The van der Waals surface area contributed by atoms with Crippen LogP contribution in [-0.4, -0.2) is 20.2 Å². The van der Waals surface area contributed by atoms with Crippen molar-refractivity contribution in [2.75, 3.05) is 20.2 Å². The topological polar surface area (TPSA) is 61.3 Å². The monoisotopic (exact) mass is 304 g/mol. The quantitative estimate of drug-likeness (QED) is 0.813. The summed E-state index contributed by atoms with van der Waals surface area (Å²) in [5, 5.41) is 0. The predicted octanol–water partition coefficient (Wildman–Crippen LogP) is 3.13. The maximum atomic E-state index is 12.7. The molecule has 0 amide bonds. The van der Waals surface area contributed by atoms with Crippen molar-refractivity contribution in [2.24, 2.45) is 17.4 Å². The summed E-state index contributed by atoms with van der Waals surface area (Å²) < 4.78 is 43.4. The lowest BCUT2D eigenvalue weighted by Gasteiger charge is -2.23. The maximum Gasteiger partial charge on any atom is 0.416 e. The SMILES string of the molecule is CCC(CC(CN)CN)c1ccc(C(F)(F)F)cc1OC. The first-order valence-electron chi connectivity index (χ1n) is 7.02. The second-order valence-corrected chi connectivity index (χ2v) is 5.13. The molecule has 0 saturated heterocycles. The molecular formula is C15H23F3N2O. The van der Waals surface area contributed by atoms with E-state index in [-0.39, 0.29) is 17.6 Å². The van der Waals surface area contributed by atoms with E-state index in [1.165, 1.54) is 13.2 Å². The van der Waals surface area contributed by atoms with Gasteiger partial charge in [-0.05, 0) is 55.5 Å². The summed E-state index contributed by atoms with van der Waals surface area (Å²) in [5.74, 6) is 0.505. The molecule has 0 aliphatic heterocycles. The van der Waals surface area contributed by atoms with Crippen LogP contribution in [-0.2, 0) is 6.18 Å². The van der Waals surface area contributed by atoms with E-state index in [4.69, 9.17) is 16.2 Å². The Morgan fingerprint density at radius 1 is 1.19 bits per heavy atom. The van der Waals surface area contributed by atoms with E-state index in [9.17, 15) is 13.2 Å². The number of hydrogen-bond donors (Lipinski definition) is 2. The lowest BCUT2D eigenvalue weighted by atomic mass is 9.86. The Morgan fingerprint density at radius 2 is 1.81 bits per heavy atom. The Balaban J connectivity index is 3.09. The Kier molecular flexibility index (Phi) is 6.48. The van der Waals surface area contributed by atoms with Crippen LogP contribution >= 0.6 is 0 Å². The smallest absolute Gasteiger partial charge is 0.416 e. The summed E-state index contributed by atoms with van der Waals surface area (Å²) in [7, 11) is 1.38. The minimum Gasteiger partial charge on any atom is -0.496 e. The minimum atomic E-state index is -4.37. The summed E-state index contributed by atoms with van der Waals surface area (Å²) in [4.78, 5) is 0. The number of halogens is 3. The Labute approximate surface area is 123 Å². The molecule has 1 aromatic rings. The van der Waals surface area contributed by atoms with Gasteiger partial charge < -0.3 is 16.2 Å². The van der Waals surface area contributed by atoms with Crippen LogP contribution in [0.1, 0.15) is 36.8 Å². The van der Waals surface area contributed by atoms with Crippen molar-refractivity contribution in [2.45, 2.75) is 31.9 Å². The number of methoxy groups -OCH3 is 1. The van der Waals surface area contributed by atoms with E-state index in [0.717, 1.165) is 30.5 Å². The summed E-state index contributed by atoms with van der Waals surface area (Å²) in [6.45, 7) is 2.93. The third-order valence-electron chi connectivity index (χ3n) is 3.78. The lowest BCUT2D eigenvalue weighted by Crippen LogP contribution is -2.25. The molecular weight excluding hydrogens is 281 g/mol. The molecule has 0 bridgehead atoms. The molecule has 21 heavy (non-hydrogen) atoms. The fourth-order valence-corrected chi connectivity index (χ4v) is 2.43. The number of rotatable bonds is 7. The first kappa shape index (κ1) is 17.8. The van der Waals surface area contributed by atoms with Gasteiger partial charge in [0.15, 0.2) is 0 Å². The van der Waals surface area contributed by atoms with Crippen LogP contribution < -0.4 is 16.2 Å². The van der Waals surface area contributed by atoms with Crippen LogP contribution in [0.3, 0.4) is 0 Å². The highest BCUT2D eigenvalue weighted by molar-refractivity contribution is 5.41. The van der Waals surface area contributed by atoms with Gasteiger partial charge in [-0.2, -0.15) is 13.2 Å². The Morgan fingerprint density at radius 3 is 2.24 bits per heavy atom. The molecule has 0 spiro atoms. The molecule has 3 nitrogen and oxygen atoms in total. The van der Waals surface area contributed by atoms with Gasteiger partial charge >= 0.3 is 6.18 Å². The molecule has 0 radical (unpaired) electrons. The van der Waals surface area contributed by atoms with Crippen molar-refractivity contribution in [1.82, 2.24) is 0 Å². The second-order valence-electron chi connectivity index (χ2n) is 5.13. The first-order valence-corrected chi connectivity index (χ1v) is 7.02. The predicted molar refractivity (Wildman–Crippen MR) is 77.2 cm³/mol. The van der Waals surface area contributed by atoms with Crippen LogP contribution in [0.4, 0.5) is 13.2 Å². The molecule has 1 unspecified atom stereocenters. The van der Waals surface area contributed by atoms with Gasteiger partial charge in [0.25, 0.3) is 0 Å². The summed E-state index contributed by atoms with van der Waals surface area (Å²) in [6.07, 6.45) is -2.84. The van der Waals surface area contributed by atoms with Crippen LogP contribution in [0.5, 0.6) is 5.75 Å². The molecule has 0 aliphatic carbocycles. The van der Waals surface area contributed by atoms with E-state index in [0.29, 0.717) is 13.1 Å². The summed E-state index contributed by atoms with van der Waals surface area (Å²) >= 11 is 0. The number of alkyl halides is 3. The summed E-state index contributed by atoms with van der Waals surface area (Å²) in [5.41, 5.74) is 11.4. The highest BCUT2D eigenvalue weighted by Gasteiger charge is 2.32. The van der Waals surface area contributed by atoms with E-state index >= 15 is 0 Å². The van der Waals surface area contributed by atoms with E-state index < -0.39 is 11.7 Å². The average molecular weight is 304 g/mol. The van der Waals surface area contributed by atoms with Crippen molar-refractivity contribution in [3.05, 3.63) is 29.3 Å². The second kappa shape index (κ2) is 7.66. The summed E-state index contributed by atoms with van der Waals surface area (Å²) in [6, 6.07) is 3.65. The van der Waals surface area contributed by atoms with Gasteiger partial charge in [0, 0.05) is 0 Å². The van der Waals surface area contributed by atoms with Gasteiger partial charge in [0.2, 0.25) is 0 Å². The van der Waals surface area contributed by atoms with Gasteiger partial charge in [0.1, 0.15) is 5.75 Å². The van der Waals surface area contributed by atoms with Crippen LogP contribution in [0, 0.1) is 5.92 Å². The molecule has 0 fully saturated rings. The number of benzene rings is 1. The van der Waals surface area contributed by atoms with E-state index in [2.05, 4.69) is 0 Å². The van der Waals surface area contributed by atoms with Crippen LogP contribution in [0.15, 0.2) is 18.2 Å². The Hall–Kier alpha value is -1.27. The normalized spacial score (nSPS) is 13.5. The van der Waals surface area contributed by atoms with Crippen LogP contribution in [0.2, 0.25) is 0 Å². The zero-order valence-corrected chi connectivity index (χ0v) is 12.4. The molecule has 120 valence electrons. The van der Waals surface area contributed by atoms with Crippen molar-refractivity contribution in [1.29, 1.82) is 0 Å². The van der Waals surface area contributed by atoms with Gasteiger partial charge in [-0.15, -0.1) is 0 Å². The third-order valence-corrected chi connectivity index (χ3v) is 3.78. The van der Waals surface area contributed by atoms with Crippen molar-refractivity contribution < 1.29 is 17.9 Å².